The molecular formula is C23H30O2. The number of hydrogen-bond donors (Lipinski definition) is 0. The lowest BCUT2D eigenvalue weighted by Gasteiger charge is -2.37. The van der Waals surface area contributed by atoms with E-state index in [4.69, 9.17) is 4.74 Å². The lowest BCUT2D eigenvalue weighted by atomic mass is 9.69. The van der Waals surface area contributed by atoms with Crippen LogP contribution in [0.1, 0.15) is 51.4 Å². The maximum atomic E-state index is 13.1. The van der Waals surface area contributed by atoms with Crippen LogP contribution in [0.3, 0.4) is 0 Å². The van der Waals surface area contributed by atoms with E-state index in [9.17, 15) is 4.79 Å². The van der Waals surface area contributed by atoms with Gasteiger partial charge in [-0.3, -0.25) is 4.79 Å². The molecular weight excluding hydrogens is 308 g/mol. The SMILES string of the molecule is O=C(OC1CC2CC1C1CCCC21)C1CC2CC1C1C3C=CC(C3)C21. The fourth-order valence-corrected chi connectivity index (χ4v) is 9.66. The second kappa shape index (κ2) is 4.73. The standard InChI is InChI=1S/C23H30O2/c24-23(25-20-10-13-7-17(20)16-3-1-2-15(13)16)19-9-14-8-18(19)22-12-5-4-11(6-12)21(14)22/h4-5,11-22H,1-3,6-10H2. The van der Waals surface area contributed by atoms with Crippen molar-refractivity contribution < 1.29 is 9.53 Å². The Kier molecular flexibility index (Phi) is 2.70. The third kappa shape index (κ3) is 1.71. The van der Waals surface area contributed by atoms with Crippen molar-refractivity contribution in [3.63, 3.8) is 0 Å². The van der Waals surface area contributed by atoms with Crippen LogP contribution in [-0.4, -0.2) is 12.1 Å². The van der Waals surface area contributed by atoms with Gasteiger partial charge in [0.25, 0.3) is 0 Å². The first-order valence-electron chi connectivity index (χ1n) is 11.2. The van der Waals surface area contributed by atoms with E-state index < -0.39 is 0 Å². The molecule has 7 rings (SSSR count). The molecule has 0 aromatic rings. The van der Waals surface area contributed by atoms with E-state index in [1.807, 2.05) is 0 Å². The van der Waals surface area contributed by atoms with Gasteiger partial charge in [0.1, 0.15) is 6.10 Å². The summed E-state index contributed by atoms with van der Waals surface area (Å²) in [4.78, 5) is 13.1. The monoisotopic (exact) mass is 338 g/mol. The molecule has 2 nitrogen and oxygen atoms in total. The molecule has 0 saturated heterocycles. The highest BCUT2D eigenvalue weighted by molar-refractivity contribution is 5.74. The molecule has 7 aliphatic rings. The largest absolute Gasteiger partial charge is 0.462 e. The smallest absolute Gasteiger partial charge is 0.309 e. The number of carbonyl (C=O) groups excluding carboxylic acids is 1. The lowest BCUT2D eigenvalue weighted by Crippen LogP contribution is -2.38. The quantitative estimate of drug-likeness (QED) is 0.422. The van der Waals surface area contributed by atoms with Gasteiger partial charge in [-0.15, -0.1) is 0 Å². The Morgan fingerprint density at radius 1 is 0.760 bits per heavy atom. The summed E-state index contributed by atoms with van der Waals surface area (Å²) < 4.78 is 6.26. The molecule has 0 heterocycles. The number of carbonyl (C=O) groups is 1. The van der Waals surface area contributed by atoms with Gasteiger partial charge >= 0.3 is 5.97 Å². The van der Waals surface area contributed by atoms with Crippen LogP contribution in [0.4, 0.5) is 0 Å². The Labute approximate surface area is 150 Å². The second-order valence-electron chi connectivity index (χ2n) is 10.7. The van der Waals surface area contributed by atoms with Gasteiger partial charge in [0.2, 0.25) is 0 Å². The van der Waals surface area contributed by atoms with E-state index in [0.717, 1.165) is 59.7 Å². The van der Waals surface area contributed by atoms with Gasteiger partial charge in [-0.05, 0) is 104 Å². The molecule has 0 N–H and O–H groups in total. The zero-order valence-corrected chi connectivity index (χ0v) is 15.1. The van der Waals surface area contributed by atoms with Crippen molar-refractivity contribution in [2.45, 2.75) is 57.5 Å². The third-order valence-corrected chi connectivity index (χ3v) is 10.2. The minimum Gasteiger partial charge on any atom is -0.462 e. The van der Waals surface area contributed by atoms with Crippen molar-refractivity contribution in [1.29, 1.82) is 0 Å². The van der Waals surface area contributed by atoms with Gasteiger partial charge in [0.05, 0.1) is 5.92 Å². The maximum Gasteiger partial charge on any atom is 0.309 e. The molecule has 12 atom stereocenters. The summed E-state index contributed by atoms with van der Waals surface area (Å²) in [6, 6.07) is 0. The van der Waals surface area contributed by atoms with Crippen LogP contribution in [0.15, 0.2) is 12.2 Å². The Bertz CT molecular complexity index is 652. The molecule has 6 bridgehead atoms. The van der Waals surface area contributed by atoms with Gasteiger partial charge < -0.3 is 4.74 Å². The molecule has 6 fully saturated rings. The van der Waals surface area contributed by atoms with Crippen molar-refractivity contribution in [1.82, 2.24) is 0 Å². The maximum absolute atomic E-state index is 13.1. The molecule has 0 amide bonds. The van der Waals surface area contributed by atoms with Crippen LogP contribution in [0, 0.1) is 65.1 Å². The van der Waals surface area contributed by atoms with Gasteiger partial charge in [0.15, 0.2) is 0 Å². The molecule has 0 radical (unpaired) electrons. The van der Waals surface area contributed by atoms with Crippen LogP contribution in [-0.2, 0) is 9.53 Å². The zero-order chi connectivity index (χ0) is 16.3. The van der Waals surface area contributed by atoms with E-state index in [1.54, 1.807) is 0 Å². The van der Waals surface area contributed by atoms with Crippen LogP contribution in [0.2, 0.25) is 0 Å². The average molecular weight is 338 g/mol. The molecule has 0 aromatic carbocycles. The highest BCUT2D eigenvalue weighted by Gasteiger charge is 2.63. The number of rotatable bonds is 2. The molecule has 0 aliphatic heterocycles. The summed E-state index contributed by atoms with van der Waals surface area (Å²) in [5.41, 5.74) is 0. The van der Waals surface area contributed by atoms with Crippen LogP contribution in [0.5, 0.6) is 0 Å². The van der Waals surface area contributed by atoms with Crippen LogP contribution >= 0.6 is 0 Å². The van der Waals surface area contributed by atoms with Gasteiger partial charge in [-0.25, -0.2) is 0 Å². The number of ether oxygens (including phenoxy) is 1. The van der Waals surface area contributed by atoms with Crippen molar-refractivity contribution in [3.05, 3.63) is 12.2 Å². The van der Waals surface area contributed by atoms with Crippen LogP contribution in [0.25, 0.3) is 0 Å². The predicted octanol–water partition coefficient (Wildman–Crippen LogP) is 4.45. The molecule has 134 valence electrons. The Morgan fingerprint density at radius 3 is 2.48 bits per heavy atom. The minimum absolute atomic E-state index is 0.213. The number of esters is 1. The Balaban J connectivity index is 1.08. The first-order valence-corrected chi connectivity index (χ1v) is 11.2. The van der Waals surface area contributed by atoms with Gasteiger partial charge in [0, 0.05) is 0 Å². The molecule has 7 aliphatic carbocycles. The average Bonchev–Trinajstić information content (AvgIpc) is 3.45. The summed E-state index contributed by atoms with van der Waals surface area (Å²) in [5, 5.41) is 0. The van der Waals surface area contributed by atoms with E-state index in [1.165, 1.54) is 44.9 Å². The first-order chi connectivity index (χ1) is 12.3. The minimum atomic E-state index is 0.213. The summed E-state index contributed by atoms with van der Waals surface area (Å²) in [6.07, 6.45) is 16.0. The lowest BCUT2D eigenvalue weighted by molar-refractivity contribution is -0.161. The number of hydrogen-bond acceptors (Lipinski definition) is 2. The summed E-state index contributed by atoms with van der Waals surface area (Å²) in [5.74, 6) is 8.83. The molecule has 25 heavy (non-hydrogen) atoms. The fourth-order valence-electron chi connectivity index (χ4n) is 9.66. The zero-order valence-electron chi connectivity index (χ0n) is 15.1. The number of allylic oxidation sites excluding steroid dienone is 2. The molecule has 6 saturated carbocycles. The van der Waals surface area contributed by atoms with Crippen LogP contribution < -0.4 is 0 Å². The van der Waals surface area contributed by atoms with Crippen molar-refractivity contribution >= 4 is 5.97 Å². The van der Waals surface area contributed by atoms with E-state index in [-0.39, 0.29) is 18.0 Å². The first kappa shape index (κ1) is 14.3. The highest BCUT2D eigenvalue weighted by atomic mass is 16.5. The van der Waals surface area contributed by atoms with Gasteiger partial charge in [-0.2, -0.15) is 0 Å². The summed E-state index contributed by atoms with van der Waals surface area (Å²) >= 11 is 0. The normalized spacial score (nSPS) is 61.9. The Hall–Kier alpha value is -0.790. The van der Waals surface area contributed by atoms with E-state index in [0.29, 0.717) is 5.92 Å². The van der Waals surface area contributed by atoms with E-state index in [2.05, 4.69) is 12.2 Å². The topological polar surface area (TPSA) is 26.3 Å². The van der Waals surface area contributed by atoms with Crippen molar-refractivity contribution in [2.75, 3.05) is 0 Å². The molecule has 0 aromatic heterocycles. The number of fused-ring (bicyclic) bond motifs is 14. The molecule has 2 heteroatoms. The summed E-state index contributed by atoms with van der Waals surface area (Å²) in [7, 11) is 0. The Morgan fingerprint density at radius 2 is 1.56 bits per heavy atom. The van der Waals surface area contributed by atoms with Gasteiger partial charge in [-0.1, -0.05) is 18.6 Å². The third-order valence-electron chi connectivity index (χ3n) is 10.2. The summed E-state index contributed by atoms with van der Waals surface area (Å²) in [6.45, 7) is 0. The predicted molar refractivity (Wildman–Crippen MR) is 94.3 cm³/mol. The van der Waals surface area contributed by atoms with Crippen molar-refractivity contribution in [2.24, 2.45) is 65.1 Å². The second-order valence-corrected chi connectivity index (χ2v) is 10.7. The van der Waals surface area contributed by atoms with E-state index >= 15 is 0 Å². The van der Waals surface area contributed by atoms with Crippen molar-refractivity contribution in [3.8, 4) is 0 Å². The fraction of sp³-hybridized carbons (Fsp3) is 0.870. The highest BCUT2D eigenvalue weighted by Crippen LogP contribution is 2.67. The molecule has 0 spiro atoms. The molecule has 12 unspecified atom stereocenters.